The molecule has 5 nitrogen and oxygen atoms in total. The Hall–Kier alpha value is -2.11. The molecule has 1 aliphatic heterocycles. The second kappa shape index (κ2) is 6.98. The van der Waals surface area contributed by atoms with E-state index in [4.69, 9.17) is 4.74 Å². The minimum absolute atomic E-state index is 0.277. The zero-order valence-corrected chi connectivity index (χ0v) is 14.2. The van der Waals surface area contributed by atoms with Crippen LogP contribution in [-0.2, 0) is 4.74 Å². The standard InChI is InChI=1S/C17H24FN3O2/c1-5-14(18)15-7-6-13(12-19-15)20-8-10-21(11-9-20)16(22)23-17(2,3)4/h5-7,12H,8-11H2,1-4H3/b14-5-. The van der Waals surface area contributed by atoms with Gasteiger partial charge in [0.05, 0.1) is 17.6 Å². The molecule has 1 aliphatic rings. The third-order valence-electron chi connectivity index (χ3n) is 3.54. The average Bonchev–Trinajstić information content (AvgIpc) is 2.53. The summed E-state index contributed by atoms with van der Waals surface area (Å²) in [5, 5.41) is 0. The van der Waals surface area contributed by atoms with Crippen LogP contribution in [0.25, 0.3) is 5.83 Å². The maximum absolute atomic E-state index is 13.4. The SMILES string of the molecule is C/C=C(\F)c1ccc(N2CCN(C(=O)OC(C)(C)C)CC2)cn1. The topological polar surface area (TPSA) is 45.7 Å². The number of hydrogen-bond acceptors (Lipinski definition) is 4. The summed E-state index contributed by atoms with van der Waals surface area (Å²) < 4.78 is 18.8. The van der Waals surface area contributed by atoms with Crippen molar-refractivity contribution in [3.05, 3.63) is 30.1 Å². The summed E-state index contributed by atoms with van der Waals surface area (Å²) in [6.45, 7) is 9.81. The Morgan fingerprint density at radius 2 is 1.91 bits per heavy atom. The summed E-state index contributed by atoms with van der Waals surface area (Å²) in [6.07, 6.45) is 2.78. The van der Waals surface area contributed by atoms with Gasteiger partial charge in [-0.15, -0.1) is 0 Å². The normalized spacial score (nSPS) is 16.5. The molecule has 126 valence electrons. The number of aromatic nitrogens is 1. The Morgan fingerprint density at radius 1 is 1.26 bits per heavy atom. The molecule has 2 rings (SSSR count). The van der Waals surface area contributed by atoms with Crippen LogP contribution in [0.4, 0.5) is 14.9 Å². The van der Waals surface area contributed by atoms with Gasteiger partial charge in [0.25, 0.3) is 0 Å². The van der Waals surface area contributed by atoms with Crippen molar-refractivity contribution in [3.8, 4) is 0 Å². The van der Waals surface area contributed by atoms with E-state index in [1.807, 2.05) is 26.8 Å². The summed E-state index contributed by atoms with van der Waals surface area (Å²) in [5.74, 6) is -0.328. The van der Waals surface area contributed by atoms with Crippen LogP contribution >= 0.6 is 0 Å². The quantitative estimate of drug-likeness (QED) is 0.837. The maximum Gasteiger partial charge on any atom is 0.410 e. The van der Waals surface area contributed by atoms with Gasteiger partial charge >= 0.3 is 6.09 Å². The van der Waals surface area contributed by atoms with Gasteiger partial charge in [0.1, 0.15) is 11.4 Å². The van der Waals surface area contributed by atoms with Crippen molar-refractivity contribution in [2.75, 3.05) is 31.1 Å². The first-order valence-electron chi connectivity index (χ1n) is 7.81. The first-order valence-corrected chi connectivity index (χ1v) is 7.81. The number of piperazine rings is 1. The Kier molecular flexibility index (Phi) is 5.23. The van der Waals surface area contributed by atoms with Gasteiger partial charge in [0.2, 0.25) is 0 Å². The maximum atomic E-state index is 13.4. The highest BCUT2D eigenvalue weighted by Gasteiger charge is 2.26. The molecular weight excluding hydrogens is 297 g/mol. The van der Waals surface area contributed by atoms with Crippen LogP contribution in [-0.4, -0.2) is 47.8 Å². The molecule has 0 N–H and O–H groups in total. The smallest absolute Gasteiger partial charge is 0.410 e. The first-order chi connectivity index (χ1) is 10.8. The summed E-state index contributed by atoms with van der Waals surface area (Å²) in [4.78, 5) is 20.0. The number of rotatable bonds is 2. The van der Waals surface area contributed by atoms with Crippen molar-refractivity contribution in [3.63, 3.8) is 0 Å². The number of anilines is 1. The van der Waals surface area contributed by atoms with Crippen molar-refractivity contribution in [2.24, 2.45) is 0 Å². The van der Waals surface area contributed by atoms with E-state index < -0.39 is 5.60 Å². The molecule has 0 aliphatic carbocycles. The second-order valence-electron chi connectivity index (χ2n) is 6.49. The van der Waals surface area contributed by atoms with E-state index in [0.29, 0.717) is 31.9 Å². The minimum atomic E-state index is -0.481. The van der Waals surface area contributed by atoms with Gasteiger partial charge in [-0.1, -0.05) is 0 Å². The lowest BCUT2D eigenvalue weighted by Gasteiger charge is -2.36. The summed E-state index contributed by atoms with van der Waals surface area (Å²) in [5.41, 5.74) is 0.787. The minimum Gasteiger partial charge on any atom is -0.444 e. The molecular formula is C17H24FN3O2. The molecule has 0 saturated carbocycles. The van der Waals surface area contributed by atoms with Gasteiger partial charge < -0.3 is 14.5 Å². The number of pyridine rings is 1. The number of carbonyl (C=O) groups is 1. The molecule has 0 spiro atoms. The van der Waals surface area contributed by atoms with Gasteiger partial charge in [0, 0.05) is 26.2 Å². The highest BCUT2D eigenvalue weighted by Crippen LogP contribution is 2.20. The zero-order valence-electron chi connectivity index (χ0n) is 14.2. The molecule has 23 heavy (non-hydrogen) atoms. The van der Waals surface area contributed by atoms with Crippen LogP contribution in [0.2, 0.25) is 0 Å². The van der Waals surface area contributed by atoms with E-state index in [0.717, 1.165) is 5.69 Å². The molecule has 0 atom stereocenters. The van der Waals surface area contributed by atoms with Crippen molar-refractivity contribution in [1.29, 1.82) is 0 Å². The van der Waals surface area contributed by atoms with E-state index >= 15 is 0 Å². The lowest BCUT2D eigenvalue weighted by atomic mass is 10.2. The average molecular weight is 321 g/mol. The highest BCUT2D eigenvalue weighted by molar-refractivity contribution is 5.68. The van der Waals surface area contributed by atoms with E-state index in [2.05, 4.69) is 9.88 Å². The van der Waals surface area contributed by atoms with Crippen LogP contribution in [0.15, 0.2) is 24.4 Å². The number of ether oxygens (including phenoxy) is 1. The van der Waals surface area contributed by atoms with Gasteiger partial charge in [-0.05, 0) is 45.9 Å². The molecule has 1 fully saturated rings. The Morgan fingerprint density at radius 3 is 2.39 bits per heavy atom. The number of allylic oxidation sites excluding steroid dienone is 1. The van der Waals surface area contributed by atoms with E-state index in [1.54, 1.807) is 24.1 Å². The molecule has 0 bridgehead atoms. The predicted molar refractivity (Wildman–Crippen MR) is 89.0 cm³/mol. The number of nitrogens with zero attached hydrogens (tertiary/aromatic N) is 3. The molecule has 1 amide bonds. The first kappa shape index (κ1) is 17.2. The fraction of sp³-hybridized carbons (Fsp3) is 0.529. The molecule has 1 aromatic rings. The third-order valence-corrected chi connectivity index (χ3v) is 3.54. The van der Waals surface area contributed by atoms with E-state index in [-0.39, 0.29) is 11.9 Å². The van der Waals surface area contributed by atoms with Crippen LogP contribution in [0.1, 0.15) is 33.4 Å². The second-order valence-corrected chi connectivity index (χ2v) is 6.49. The fourth-order valence-electron chi connectivity index (χ4n) is 2.34. The lowest BCUT2D eigenvalue weighted by molar-refractivity contribution is 0.0240. The lowest BCUT2D eigenvalue weighted by Crippen LogP contribution is -2.50. The summed E-state index contributed by atoms with van der Waals surface area (Å²) in [6, 6.07) is 3.53. The summed E-state index contributed by atoms with van der Waals surface area (Å²) in [7, 11) is 0. The van der Waals surface area contributed by atoms with Gasteiger partial charge in [-0.2, -0.15) is 0 Å². The Balaban J connectivity index is 1.93. The van der Waals surface area contributed by atoms with Gasteiger partial charge in [-0.3, -0.25) is 4.98 Å². The van der Waals surface area contributed by atoms with Crippen molar-refractivity contribution < 1.29 is 13.9 Å². The fourth-order valence-corrected chi connectivity index (χ4v) is 2.34. The molecule has 0 unspecified atom stereocenters. The van der Waals surface area contributed by atoms with Crippen LogP contribution in [0, 0.1) is 0 Å². The number of halogens is 1. The summed E-state index contributed by atoms with van der Waals surface area (Å²) >= 11 is 0. The van der Waals surface area contributed by atoms with Crippen molar-refractivity contribution in [2.45, 2.75) is 33.3 Å². The molecule has 6 heteroatoms. The molecule has 0 radical (unpaired) electrons. The monoisotopic (exact) mass is 321 g/mol. The Bertz CT molecular complexity index is 570. The van der Waals surface area contributed by atoms with Gasteiger partial charge in [0.15, 0.2) is 0 Å². The number of amides is 1. The number of hydrogen-bond donors (Lipinski definition) is 0. The van der Waals surface area contributed by atoms with E-state index in [1.165, 1.54) is 6.08 Å². The molecule has 0 aromatic carbocycles. The van der Waals surface area contributed by atoms with Crippen molar-refractivity contribution in [1.82, 2.24) is 9.88 Å². The van der Waals surface area contributed by atoms with Gasteiger partial charge in [-0.25, -0.2) is 9.18 Å². The third kappa shape index (κ3) is 4.68. The molecule has 1 aromatic heterocycles. The van der Waals surface area contributed by atoms with Crippen LogP contribution < -0.4 is 4.90 Å². The zero-order chi connectivity index (χ0) is 17.0. The molecule has 1 saturated heterocycles. The molecule has 2 heterocycles. The van der Waals surface area contributed by atoms with Crippen molar-refractivity contribution >= 4 is 17.6 Å². The predicted octanol–water partition coefficient (Wildman–Crippen LogP) is 3.47. The highest BCUT2D eigenvalue weighted by atomic mass is 19.1. The van der Waals surface area contributed by atoms with Crippen LogP contribution in [0.5, 0.6) is 0 Å². The van der Waals surface area contributed by atoms with E-state index in [9.17, 15) is 9.18 Å². The van der Waals surface area contributed by atoms with Crippen LogP contribution in [0.3, 0.4) is 0 Å². The Labute approximate surface area is 136 Å². The number of carbonyl (C=O) groups excluding carboxylic acids is 1. The largest absolute Gasteiger partial charge is 0.444 e.